The van der Waals surface area contributed by atoms with Gasteiger partial charge in [0.25, 0.3) is 0 Å². The normalized spacial score (nSPS) is 11.0. The fraction of sp³-hybridized carbons (Fsp3) is 0. The molecule has 0 radical (unpaired) electrons. The average molecular weight is 335 g/mol. The number of aromatic nitrogens is 3. The fourth-order valence-electron chi connectivity index (χ4n) is 2.69. The Morgan fingerprint density at radius 3 is 2.36 bits per heavy atom. The number of hydrogen-bond acceptors (Lipinski definition) is 5. The van der Waals surface area contributed by atoms with Crippen molar-refractivity contribution in [3.8, 4) is 23.2 Å². The Balaban J connectivity index is 1.68. The average Bonchev–Trinajstić information content (AvgIpc) is 3.15. The number of carbonyl (C=O) groups is 1. The molecule has 0 fully saturated rings. The van der Waals surface area contributed by atoms with Crippen LogP contribution >= 0.6 is 0 Å². The molecule has 0 aliphatic carbocycles. The Bertz CT molecular complexity index is 1060. The van der Waals surface area contributed by atoms with E-state index in [0.717, 1.165) is 16.2 Å². The SMILES string of the molecule is O=C(c1ccc(-n2c(O)cc(O)c2O)cc1)c1nc2ccccc2[nH]1. The topological polar surface area (TPSA) is 111 Å². The number of benzene rings is 2. The Hall–Kier alpha value is -3.74. The molecular weight excluding hydrogens is 322 g/mol. The lowest BCUT2D eigenvalue weighted by molar-refractivity contribution is 0.103. The number of nitrogens with zero attached hydrogens (tertiary/aromatic N) is 2. The van der Waals surface area contributed by atoms with Crippen molar-refractivity contribution in [2.24, 2.45) is 0 Å². The van der Waals surface area contributed by atoms with Crippen LogP contribution in [0, 0.1) is 0 Å². The van der Waals surface area contributed by atoms with Crippen LogP contribution in [0.5, 0.6) is 17.5 Å². The minimum Gasteiger partial charge on any atom is -0.503 e. The lowest BCUT2D eigenvalue weighted by Gasteiger charge is -2.07. The van der Waals surface area contributed by atoms with Gasteiger partial charge in [-0.2, -0.15) is 0 Å². The molecule has 0 amide bonds. The standard InChI is InChI=1S/C18H13N3O4/c22-14-9-15(23)21(18(14)25)11-7-5-10(6-8-11)16(24)17-19-12-3-1-2-4-13(12)20-17/h1-9,22-23,25H,(H,19,20). The smallest absolute Gasteiger partial charge is 0.242 e. The first kappa shape index (κ1) is 14.8. The monoisotopic (exact) mass is 335 g/mol. The van der Waals surface area contributed by atoms with Crippen LogP contribution < -0.4 is 0 Å². The van der Waals surface area contributed by atoms with Crippen LogP contribution in [0.3, 0.4) is 0 Å². The molecule has 0 saturated carbocycles. The lowest BCUT2D eigenvalue weighted by Crippen LogP contribution is -2.04. The van der Waals surface area contributed by atoms with Crippen LogP contribution in [-0.2, 0) is 0 Å². The van der Waals surface area contributed by atoms with Gasteiger partial charge in [0.1, 0.15) is 0 Å². The van der Waals surface area contributed by atoms with Crippen molar-refractivity contribution in [2.45, 2.75) is 0 Å². The van der Waals surface area contributed by atoms with Crippen molar-refractivity contribution in [3.63, 3.8) is 0 Å². The van der Waals surface area contributed by atoms with Gasteiger partial charge in [0.2, 0.25) is 17.5 Å². The molecule has 0 saturated heterocycles. The Labute approximate surface area is 141 Å². The summed E-state index contributed by atoms with van der Waals surface area (Å²) in [6.07, 6.45) is 0. The number of rotatable bonds is 3. The zero-order chi connectivity index (χ0) is 17.6. The van der Waals surface area contributed by atoms with E-state index in [2.05, 4.69) is 9.97 Å². The minimum atomic E-state index is -0.478. The fourth-order valence-corrected chi connectivity index (χ4v) is 2.69. The van der Waals surface area contributed by atoms with E-state index in [0.29, 0.717) is 16.8 Å². The number of hydrogen-bond donors (Lipinski definition) is 4. The molecule has 4 rings (SSSR count). The molecule has 4 N–H and O–H groups in total. The second-order valence-corrected chi connectivity index (χ2v) is 5.53. The lowest BCUT2D eigenvalue weighted by atomic mass is 10.1. The molecule has 2 aromatic heterocycles. The van der Waals surface area contributed by atoms with Crippen LogP contribution in [0.4, 0.5) is 0 Å². The molecule has 4 aromatic rings. The predicted molar refractivity (Wildman–Crippen MR) is 90.3 cm³/mol. The van der Waals surface area contributed by atoms with Gasteiger partial charge in [-0.15, -0.1) is 0 Å². The molecule has 2 heterocycles. The third-order valence-corrected chi connectivity index (χ3v) is 3.93. The first-order valence-electron chi connectivity index (χ1n) is 7.47. The van der Waals surface area contributed by atoms with E-state index in [1.165, 1.54) is 0 Å². The highest BCUT2D eigenvalue weighted by atomic mass is 16.3. The number of nitrogens with one attached hydrogen (secondary N) is 1. The summed E-state index contributed by atoms with van der Waals surface area (Å²) in [5.41, 5.74) is 2.29. The predicted octanol–water partition coefficient (Wildman–Crippen LogP) is 2.70. The Kier molecular flexibility index (Phi) is 3.21. The minimum absolute atomic E-state index is 0.234. The van der Waals surface area contributed by atoms with Gasteiger partial charge < -0.3 is 20.3 Å². The first-order valence-corrected chi connectivity index (χ1v) is 7.47. The third-order valence-electron chi connectivity index (χ3n) is 3.93. The molecule has 0 unspecified atom stereocenters. The Morgan fingerprint density at radius 1 is 1.00 bits per heavy atom. The largest absolute Gasteiger partial charge is 0.503 e. The number of aromatic amines is 1. The van der Waals surface area contributed by atoms with Crippen LogP contribution in [0.1, 0.15) is 16.2 Å². The second kappa shape index (κ2) is 5.41. The highest BCUT2D eigenvalue weighted by Crippen LogP contribution is 2.36. The van der Waals surface area contributed by atoms with Crippen molar-refractivity contribution in [1.29, 1.82) is 0 Å². The molecule has 7 nitrogen and oxygen atoms in total. The maximum Gasteiger partial charge on any atom is 0.242 e. The molecule has 0 aliphatic heterocycles. The van der Waals surface area contributed by atoms with E-state index in [1.54, 1.807) is 24.3 Å². The first-order chi connectivity index (χ1) is 12.0. The van der Waals surface area contributed by atoms with E-state index < -0.39 is 11.6 Å². The summed E-state index contributed by atoms with van der Waals surface area (Å²) in [4.78, 5) is 19.8. The zero-order valence-corrected chi connectivity index (χ0v) is 12.8. The number of imidazole rings is 1. The number of aromatic hydroxyl groups is 3. The van der Waals surface area contributed by atoms with Crippen molar-refractivity contribution < 1.29 is 20.1 Å². The quantitative estimate of drug-likeness (QED) is 0.430. The van der Waals surface area contributed by atoms with E-state index in [-0.39, 0.29) is 17.5 Å². The molecule has 7 heteroatoms. The van der Waals surface area contributed by atoms with Gasteiger partial charge in [0, 0.05) is 11.6 Å². The summed E-state index contributed by atoms with van der Waals surface area (Å²) in [6.45, 7) is 0. The van der Waals surface area contributed by atoms with Gasteiger partial charge >= 0.3 is 0 Å². The van der Waals surface area contributed by atoms with Gasteiger partial charge in [-0.3, -0.25) is 4.79 Å². The molecular formula is C18H13N3O4. The van der Waals surface area contributed by atoms with E-state index >= 15 is 0 Å². The molecule has 124 valence electrons. The number of H-pyrrole nitrogens is 1. The number of para-hydroxylation sites is 2. The molecule has 0 spiro atoms. The summed E-state index contributed by atoms with van der Waals surface area (Å²) < 4.78 is 1.06. The van der Waals surface area contributed by atoms with Gasteiger partial charge in [-0.25, -0.2) is 9.55 Å². The maximum absolute atomic E-state index is 12.6. The summed E-state index contributed by atoms with van der Waals surface area (Å²) in [7, 11) is 0. The van der Waals surface area contributed by atoms with Crippen molar-refractivity contribution in [3.05, 3.63) is 66.0 Å². The number of carbonyl (C=O) groups excluding carboxylic acids is 1. The van der Waals surface area contributed by atoms with Gasteiger partial charge in [0.15, 0.2) is 11.6 Å². The van der Waals surface area contributed by atoms with E-state index in [1.807, 2.05) is 24.3 Å². The summed E-state index contributed by atoms with van der Waals surface area (Å²) in [5, 5.41) is 29.0. The van der Waals surface area contributed by atoms with E-state index in [4.69, 9.17) is 0 Å². The van der Waals surface area contributed by atoms with Crippen LogP contribution in [0.15, 0.2) is 54.6 Å². The van der Waals surface area contributed by atoms with Crippen molar-refractivity contribution >= 4 is 16.8 Å². The number of fused-ring (bicyclic) bond motifs is 1. The van der Waals surface area contributed by atoms with Gasteiger partial charge in [0.05, 0.1) is 16.7 Å². The zero-order valence-electron chi connectivity index (χ0n) is 12.8. The van der Waals surface area contributed by atoms with E-state index in [9.17, 15) is 20.1 Å². The molecule has 0 aliphatic rings. The molecule has 2 aromatic carbocycles. The summed E-state index contributed by atoms with van der Waals surface area (Å²) in [5.74, 6) is -1.26. The third kappa shape index (κ3) is 2.38. The molecule has 0 bridgehead atoms. The number of ketones is 1. The van der Waals surface area contributed by atoms with Crippen molar-refractivity contribution in [2.75, 3.05) is 0 Å². The Morgan fingerprint density at radius 2 is 1.72 bits per heavy atom. The van der Waals surface area contributed by atoms with Gasteiger partial charge in [-0.1, -0.05) is 12.1 Å². The van der Waals surface area contributed by atoms with Crippen LogP contribution in [0.25, 0.3) is 16.7 Å². The van der Waals surface area contributed by atoms with Crippen LogP contribution in [-0.4, -0.2) is 35.6 Å². The maximum atomic E-state index is 12.6. The summed E-state index contributed by atoms with van der Waals surface area (Å²) >= 11 is 0. The van der Waals surface area contributed by atoms with Crippen LogP contribution in [0.2, 0.25) is 0 Å². The van der Waals surface area contributed by atoms with Gasteiger partial charge in [-0.05, 0) is 36.4 Å². The molecule has 25 heavy (non-hydrogen) atoms. The highest BCUT2D eigenvalue weighted by molar-refractivity contribution is 6.08. The summed E-state index contributed by atoms with van der Waals surface area (Å²) in [6, 6.07) is 14.6. The highest BCUT2D eigenvalue weighted by Gasteiger charge is 2.17. The molecule has 0 atom stereocenters. The second-order valence-electron chi connectivity index (χ2n) is 5.53. The van der Waals surface area contributed by atoms with Crippen molar-refractivity contribution in [1.82, 2.24) is 14.5 Å².